The molecule has 0 bridgehead atoms. The Bertz CT molecular complexity index is 640. The average Bonchev–Trinajstić information content (AvgIpc) is 2.85. The number of halogens is 1. The summed E-state index contributed by atoms with van der Waals surface area (Å²) in [6.45, 7) is 1.24. The largest absolute Gasteiger partial charge is 0.372 e. The highest BCUT2D eigenvalue weighted by atomic mass is 127. The van der Waals surface area contributed by atoms with Gasteiger partial charge < -0.3 is 10.1 Å². The van der Waals surface area contributed by atoms with E-state index in [1.54, 1.807) is 0 Å². The minimum absolute atomic E-state index is 0.0864. The lowest BCUT2D eigenvalue weighted by Crippen LogP contribution is -2.12. The number of hydrogen-bond donors (Lipinski definition) is 1. The highest BCUT2D eigenvalue weighted by molar-refractivity contribution is 14.1. The van der Waals surface area contributed by atoms with Crippen LogP contribution in [0.3, 0.4) is 0 Å². The number of nitrogens with one attached hydrogen (secondary N) is 1. The first-order valence-corrected chi connectivity index (χ1v) is 7.07. The SMILES string of the molecule is O=C(Nc1cccc(I)c1)c1ccc2c(c1)COC2. The number of amides is 1. The molecule has 0 radical (unpaired) electrons. The molecule has 2 aromatic rings. The Morgan fingerprint density at radius 3 is 2.79 bits per heavy atom. The van der Waals surface area contributed by atoms with Crippen molar-refractivity contribution < 1.29 is 9.53 Å². The number of rotatable bonds is 2. The number of ether oxygens (including phenoxy) is 1. The van der Waals surface area contributed by atoms with Crippen molar-refractivity contribution in [3.8, 4) is 0 Å². The third-order valence-electron chi connectivity index (χ3n) is 3.07. The van der Waals surface area contributed by atoms with Crippen LogP contribution in [0.4, 0.5) is 5.69 Å². The van der Waals surface area contributed by atoms with E-state index in [0.717, 1.165) is 14.8 Å². The molecule has 4 heteroatoms. The van der Waals surface area contributed by atoms with E-state index in [1.165, 1.54) is 5.56 Å². The first kappa shape index (κ1) is 12.6. The van der Waals surface area contributed by atoms with E-state index < -0.39 is 0 Å². The molecule has 1 aliphatic rings. The van der Waals surface area contributed by atoms with E-state index in [1.807, 2.05) is 42.5 Å². The minimum atomic E-state index is -0.0864. The number of fused-ring (bicyclic) bond motifs is 1. The molecule has 0 fully saturated rings. The van der Waals surface area contributed by atoms with Gasteiger partial charge in [0, 0.05) is 14.8 Å². The number of benzene rings is 2. The van der Waals surface area contributed by atoms with Crippen LogP contribution in [0, 0.1) is 3.57 Å². The van der Waals surface area contributed by atoms with E-state index in [-0.39, 0.29) is 5.91 Å². The van der Waals surface area contributed by atoms with Gasteiger partial charge in [-0.15, -0.1) is 0 Å². The van der Waals surface area contributed by atoms with Crippen LogP contribution in [-0.4, -0.2) is 5.91 Å². The molecule has 0 unspecified atom stereocenters. The standard InChI is InChI=1S/C15H12INO2/c16-13-2-1-3-14(7-13)17-15(18)10-4-5-11-8-19-9-12(11)6-10/h1-7H,8-9H2,(H,17,18). The van der Waals surface area contributed by atoms with Crippen molar-refractivity contribution in [2.24, 2.45) is 0 Å². The monoisotopic (exact) mass is 365 g/mol. The van der Waals surface area contributed by atoms with Crippen molar-refractivity contribution >= 4 is 34.2 Å². The topological polar surface area (TPSA) is 38.3 Å². The molecular formula is C15H12INO2. The molecule has 0 atom stereocenters. The fourth-order valence-electron chi connectivity index (χ4n) is 2.08. The number of anilines is 1. The maximum atomic E-state index is 12.2. The lowest BCUT2D eigenvalue weighted by atomic mass is 10.1. The van der Waals surface area contributed by atoms with Crippen molar-refractivity contribution in [2.75, 3.05) is 5.32 Å². The molecule has 2 aromatic carbocycles. The van der Waals surface area contributed by atoms with E-state index in [9.17, 15) is 4.79 Å². The van der Waals surface area contributed by atoms with Crippen LogP contribution in [0.15, 0.2) is 42.5 Å². The van der Waals surface area contributed by atoms with Crippen molar-refractivity contribution in [3.63, 3.8) is 0 Å². The molecule has 1 heterocycles. The molecule has 1 N–H and O–H groups in total. The normalized spacial score (nSPS) is 13.1. The van der Waals surface area contributed by atoms with Crippen LogP contribution in [0.5, 0.6) is 0 Å². The van der Waals surface area contributed by atoms with Gasteiger partial charge in [0.05, 0.1) is 13.2 Å². The van der Waals surface area contributed by atoms with Gasteiger partial charge in [0.1, 0.15) is 0 Å². The second-order valence-corrected chi connectivity index (χ2v) is 5.69. The number of carbonyl (C=O) groups excluding carboxylic acids is 1. The first-order valence-electron chi connectivity index (χ1n) is 5.99. The predicted molar refractivity (Wildman–Crippen MR) is 82.0 cm³/mol. The molecule has 0 aromatic heterocycles. The van der Waals surface area contributed by atoms with Gasteiger partial charge in [-0.05, 0) is 64.0 Å². The zero-order valence-electron chi connectivity index (χ0n) is 10.2. The Morgan fingerprint density at radius 1 is 1.11 bits per heavy atom. The fourth-order valence-corrected chi connectivity index (χ4v) is 2.63. The maximum Gasteiger partial charge on any atom is 0.255 e. The molecule has 96 valence electrons. The molecular weight excluding hydrogens is 353 g/mol. The van der Waals surface area contributed by atoms with E-state index in [2.05, 4.69) is 27.9 Å². The summed E-state index contributed by atoms with van der Waals surface area (Å²) in [5, 5.41) is 2.91. The molecule has 1 aliphatic heterocycles. The zero-order chi connectivity index (χ0) is 13.2. The lowest BCUT2D eigenvalue weighted by Gasteiger charge is -2.07. The Hall–Kier alpha value is -1.40. The quantitative estimate of drug-likeness (QED) is 0.827. The summed E-state index contributed by atoms with van der Waals surface area (Å²) in [5.74, 6) is -0.0864. The highest BCUT2D eigenvalue weighted by Crippen LogP contribution is 2.21. The van der Waals surface area contributed by atoms with Crippen LogP contribution in [0.2, 0.25) is 0 Å². The van der Waals surface area contributed by atoms with Gasteiger partial charge >= 0.3 is 0 Å². The molecule has 0 saturated heterocycles. The van der Waals surface area contributed by atoms with Gasteiger partial charge in [0.15, 0.2) is 0 Å². The third-order valence-corrected chi connectivity index (χ3v) is 3.74. The van der Waals surface area contributed by atoms with Gasteiger partial charge in [-0.3, -0.25) is 4.79 Å². The van der Waals surface area contributed by atoms with Crippen LogP contribution in [0.25, 0.3) is 0 Å². The molecule has 0 spiro atoms. The van der Waals surface area contributed by atoms with Crippen molar-refractivity contribution in [2.45, 2.75) is 13.2 Å². The van der Waals surface area contributed by atoms with Crippen LogP contribution in [0.1, 0.15) is 21.5 Å². The predicted octanol–water partition coefficient (Wildman–Crippen LogP) is 3.57. The summed E-state index contributed by atoms with van der Waals surface area (Å²) in [5.41, 5.74) is 3.76. The smallest absolute Gasteiger partial charge is 0.255 e. The second kappa shape index (κ2) is 5.30. The maximum absolute atomic E-state index is 12.2. The summed E-state index contributed by atoms with van der Waals surface area (Å²) in [6.07, 6.45) is 0. The van der Waals surface area contributed by atoms with E-state index in [4.69, 9.17) is 4.74 Å². The minimum Gasteiger partial charge on any atom is -0.372 e. The summed E-state index contributed by atoms with van der Waals surface area (Å²) in [4.78, 5) is 12.2. The summed E-state index contributed by atoms with van der Waals surface area (Å²) in [6, 6.07) is 13.5. The molecule has 19 heavy (non-hydrogen) atoms. The number of carbonyl (C=O) groups is 1. The number of hydrogen-bond acceptors (Lipinski definition) is 2. The fraction of sp³-hybridized carbons (Fsp3) is 0.133. The van der Waals surface area contributed by atoms with Crippen molar-refractivity contribution in [1.82, 2.24) is 0 Å². The van der Waals surface area contributed by atoms with Crippen molar-refractivity contribution in [3.05, 3.63) is 62.7 Å². The van der Waals surface area contributed by atoms with Gasteiger partial charge in [-0.25, -0.2) is 0 Å². The third kappa shape index (κ3) is 2.79. The van der Waals surface area contributed by atoms with Crippen LogP contribution in [-0.2, 0) is 18.0 Å². The summed E-state index contributed by atoms with van der Waals surface area (Å²) >= 11 is 2.22. The summed E-state index contributed by atoms with van der Waals surface area (Å²) < 4.78 is 6.45. The van der Waals surface area contributed by atoms with E-state index in [0.29, 0.717) is 18.8 Å². The zero-order valence-corrected chi connectivity index (χ0v) is 12.3. The lowest BCUT2D eigenvalue weighted by molar-refractivity contribution is 0.102. The Morgan fingerprint density at radius 2 is 1.95 bits per heavy atom. The Kier molecular flexibility index (Phi) is 3.52. The molecule has 1 amide bonds. The van der Waals surface area contributed by atoms with E-state index >= 15 is 0 Å². The molecule has 3 nitrogen and oxygen atoms in total. The van der Waals surface area contributed by atoms with Crippen LogP contribution >= 0.6 is 22.6 Å². The molecule has 0 aliphatic carbocycles. The first-order chi connectivity index (χ1) is 9.22. The van der Waals surface area contributed by atoms with Crippen molar-refractivity contribution in [1.29, 1.82) is 0 Å². The van der Waals surface area contributed by atoms with Gasteiger partial charge in [0.25, 0.3) is 5.91 Å². The highest BCUT2D eigenvalue weighted by Gasteiger charge is 2.14. The summed E-state index contributed by atoms with van der Waals surface area (Å²) in [7, 11) is 0. The average molecular weight is 365 g/mol. The Labute approximate surface area is 125 Å². The van der Waals surface area contributed by atoms with Crippen LogP contribution < -0.4 is 5.32 Å². The van der Waals surface area contributed by atoms with Gasteiger partial charge in [-0.1, -0.05) is 12.1 Å². The van der Waals surface area contributed by atoms with Gasteiger partial charge in [0.2, 0.25) is 0 Å². The van der Waals surface area contributed by atoms with Gasteiger partial charge in [-0.2, -0.15) is 0 Å². The molecule has 0 saturated carbocycles. The second-order valence-electron chi connectivity index (χ2n) is 4.44. The molecule has 3 rings (SSSR count). The Balaban J connectivity index is 1.81.